The summed E-state index contributed by atoms with van der Waals surface area (Å²) in [6.07, 6.45) is 3.20. The van der Waals surface area contributed by atoms with Gasteiger partial charge in [-0.2, -0.15) is 5.10 Å². The number of nitrogens with zero attached hydrogens (tertiary/aromatic N) is 1. The van der Waals surface area contributed by atoms with E-state index in [1.807, 2.05) is 0 Å². The van der Waals surface area contributed by atoms with Gasteiger partial charge < -0.3 is 5.73 Å². The van der Waals surface area contributed by atoms with Crippen LogP contribution in [-0.4, -0.2) is 25.2 Å². The molecule has 20 heavy (non-hydrogen) atoms. The molecule has 2 rings (SSSR count). The summed E-state index contributed by atoms with van der Waals surface area (Å²) in [4.78, 5) is 0.194. The average Bonchev–Trinajstić information content (AvgIpc) is 2.97. The predicted octanol–water partition coefficient (Wildman–Crippen LogP) is 0.198. The van der Waals surface area contributed by atoms with Crippen LogP contribution in [0.5, 0.6) is 0 Å². The van der Waals surface area contributed by atoms with Crippen molar-refractivity contribution in [2.45, 2.75) is 11.4 Å². The highest BCUT2D eigenvalue weighted by Crippen LogP contribution is 2.10. The molecule has 0 radical (unpaired) electrons. The summed E-state index contributed by atoms with van der Waals surface area (Å²) in [5.74, 6) is 5.54. The van der Waals surface area contributed by atoms with Crippen molar-refractivity contribution in [2.24, 2.45) is 5.73 Å². The monoisotopic (exact) mass is 290 g/mol. The molecule has 0 aliphatic carbocycles. The maximum Gasteiger partial charge on any atom is 0.240 e. The number of rotatable bonds is 4. The Labute approximate surface area is 117 Å². The number of nitrogens with one attached hydrogen (secondary N) is 2. The van der Waals surface area contributed by atoms with E-state index in [2.05, 4.69) is 26.8 Å². The summed E-state index contributed by atoms with van der Waals surface area (Å²) < 4.78 is 26.6. The Morgan fingerprint density at radius 1 is 1.30 bits per heavy atom. The maximum atomic E-state index is 12.1. The lowest BCUT2D eigenvalue weighted by Gasteiger charge is -2.05. The lowest BCUT2D eigenvalue weighted by molar-refractivity contribution is 0.581. The van der Waals surface area contributed by atoms with E-state index in [1.165, 1.54) is 12.1 Å². The highest BCUT2D eigenvalue weighted by molar-refractivity contribution is 7.89. The van der Waals surface area contributed by atoms with E-state index >= 15 is 0 Å². The molecule has 0 spiro atoms. The van der Waals surface area contributed by atoms with Crippen LogP contribution in [0.25, 0.3) is 0 Å². The van der Waals surface area contributed by atoms with Crippen LogP contribution < -0.4 is 10.5 Å². The quantitative estimate of drug-likeness (QED) is 0.700. The zero-order valence-corrected chi connectivity index (χ0v) is 11.4. The number of hydrogen-bond donors (Lipinski definition) is 3. The van der Waals surface area contributed by atoms with Gasteiger partial charge >= 0.3 is 0 Å². The van der Waals surface area contributed by atoms with Crippen LogP contribution in [-0.2, 0) is 16.6 Å². The zero-order chi connectivity index (χ0) is 14.4. The van der Waals surface area contributed by atoms with E-state index < -0.39 is 10.0 Å². The van der Waals surface area contributed by atoms with Gasteiger partial charge in [-0.15, -0.1) is 0 Å². The first kappa shape index (κ1) is 14.3. The SMILES string of the molecule is NCC#Cc1ccc(S(=O)(=O)NCc2cn[nH]c2)cc1. The van der Waals surface area contributed by atoms with Crippen molar-refractivity contribution in [3.05, 3.63) is 47.8 Å². The van der Waals surface area contributed by atoms with Crippen LogP contribution in [0.1, 0.15) is 11.1 Å². The summed E-state index contributed by atoms with van der Waals surface area (Å²) >= 11 is 0. The molecule has 0 atom stereocenters. The fourth-order valence-corrected chi connectivity index (χ4v) is 2.52. The summed E-state index contributed by atoms with van der Waals surface area (Å²) in [6, 6.07) is 6.32. The van der Waals surface area contributed by atoms with Crippen molar-refractivity contribution in [1.82, 2.24) is 14.9 Å². The molecule has 0 aliphatic rings. The maximum absolute atomic E-state index is 12.1. The van der Waals surface area contributed by atoms with Crippen molar-refractivity contribution in [3.8, 4) is 11.8 Å². The van der Waals surface area contributed by atoms with E-state index in [-0.39, 0.29) is 18.0 Å². The second kappa shape index (κ2) is 6.34. The first-order valence-corrected chi connectivity index (χ1v) is 7.36. The first-order chi connectivity index (χ1) is 9.62. The average molecular weight is 290 g/mol. The van der Waals surface area contributed by atoms with Gasteiger partial charge in [0.2, 0.25) is 10.0 Å². The molecule has 1 aromatic heterocycles. The lowest BCUT2D eigenvalue weighted by atomic mass is 10.2. The summed E-state index contributed by atoms with van der Waals surface area (Å²) in [5, 5.41) is 6.37. The van der Waals surface area contributed by atoms with Gasteiger partial charge in [-0.05, 0) is 24.3 Å². The molecule has 0 bridgehead atoms. The third-order valence-corrected chi connectivity index (χ3v) is 3.94. The Morgan fingerprint density at radius 2 is 2.05 bits per heavy atom. The van der Waals surface area contributed by atoms with Crippen molar-refractivity contribution >= 4 is 10.0 Å². The van der Waals surface area contributed by atoms with Crippen molar-refractivity contribution in [3.63, 3.8) is 0 Å². The molecule has 0 unspecified atom stereocenters. The van der Waals surface area contributed by atoms with Gasteiger partial charge in [0.15, 0.2) is 0 Å². The number of H-pyrrole nitrogens is 1. The Bertz CT molecular complexity index is 710. The molecule has 4 N–H and O–H groups in total. The highest BCUT2D eigenvalue weighted by atomic mass is 32.2. The van der Waals surface area contributed by atoms with Crippen LogP contribution in [0.3, 0.4) is 0 Å². The van der Waals surface area contributed by atoms with Gasteiger partial charge in [-0.25, -0.2) is 13.1 Å². The van der Waals surface area contributed by atoms with E-state index in [1.54, 1.807) is 24.5 Å². The molecule has 0 saturated heterocycles. The normalized spacial score (nSPS) is 10.8. The van der Waals surface area contributed by atoms with Crippen LogP contribution in [0, 0.1) is 11.8 Å². The molecule has 1 heterocycles. The van der Waals surface area contributed by atoms with Gasteiger partial charge in [0, 0.05) is 23.9 Å². The minimum atomic E-state index is -3.54. The molecule has 0 aliphatic heterocycles. The van der Waals surface area contributed by atoms with Gasteiger partial charge in [-0.1, -0.05) is 11.8 Å². The van der Waals surface area contributed by atoms with E-state index in [0.29, 0.717) is 0 Å². The van der Waals surface area contributed by atoms with Gasteiger partial charge in [-0.3, -0.25) is 5.10 Å². The molecule has 1 aromatic carbocycles. The fraction of sp³-hybridized carbons (Fsp3) is 0.154. The lowest BCUT2D eigenvalue weighted by Crippen LogP contribution is -2.22. The standard InChI is InChI=1S/C13H14N4O2S/c14-7-1-2-11-3-5-13(6-4-11)20(18,19)17-10-12-8-15-16-9-12/h3-6,8-9,17H,7,10,14H2,(H,15,16). The number of nitrogens with two attached hydrogens (primary N) is 1. The van der Waals surface area contributed by atoms with Crippen LogP contribution >= 0.6 is 0 Å². The molecule has 104 valence electrons. The fourth-order valence-electron chi connectivity index (χ4n) is 1.51. The van der Waals surface area contributed by atoms with Crippen molar-refractivity contribution in [1.29, 1.82) is 0 Å². The molecule has 7 heteroatoms. The number of benzene rings is 1. The number of aromatic nitrogens is 2. The van der Waals surface area contributed by atoms with Crippen molar-refractivity contribution < 1.29 is 8.42 Å². The van der Waals surface area contributed by atoms with Gasteiger partial charge in [0.25, 0.3) is 0 Å². The Balaban J connectivity index is 2.09. The van der Waals surface area contributed by atoms with E-state index in [4.69, 9.17) is 5.73 Å². The topological polar surface area (TPSA) is 101 Å². The molecule has 6 nitrogen and oxygen atoms in total. The van der Waals surface area contributed by atoms with Gasteiger partial charge in [0.05, 0.1) is 17.6 Å². The third kappa shape index (κ3) is 3.68. The Hall–Kier alpha value is -2.14. The molecule has 0 amide bonds. The van der Waals surface area contributed by atoms with Gasteiger partial charge in [0.1, 0.15) is 0 Å². The van der Waals surface area contributed by atoms with E-state index in [0.717, 1.165) is 11.1 Å². The molecular formula is C13H14N4O2S. The summed E-state index contributed by atoms with van der Waals surface area (Å²) in [5.41, 5.74) is 6.76. The molecule has 2 aromatic rings. The number of hydrogen-bond acceptors (Lipinski definition) is 4. The highest BCUT2D eigenvalue weighted by Gasteiger charge is 2.13. The minimum Gasteiger partial charge on any atom is -0.320 e. The summed E-state index contributed by atoms with van der Waals surface area (Å²) in [7, 11) is -3.54. The zero-order valence-electron chi connectivity index (χ0n) is 10.6. The smallest absolute Gasteiger partial charge is 0.240 e. The number of sulfonamides is 1. The first-order valence-electron chi connectivity index (χ1n) is 5.88. The molecular weight excluding hydrogens is 276 g/mol. The Kier molecular flexibility index (Phi) is 4.53. The predicted molar refractivity (Wildman–Crippen MR) is 75.0 cm³/mol. The largest absolute Gasteiger partial charge is 0.320 e. The minimum absolute atomic E-state index is 0.188. The second-order valence-electron chi connectivity index (χ2n) is 3.96. The van der Waals surface area contributed by atoms with Crippen LogP contribution in [0.15, 0.2) is 41.6 Å². The van der Waals surface area contributed by atoms with Crippen molar-refractivity contribution in [2.75, 3.05) is 6.54 Å². The van der Waals surface area contributed by atoms with Crippen LogP contribution in [0.2, 0.25) is 0 Å². The second-order valence-corrected chi connectivity index (χ2v) is 5.73. The molecule has 0 fully saturated rings. The molecule has 0 saturated carbocycles. The summed E-state index contributed by atoms with van der Waals surface area (Å²) in [6.45, 7) is 0.458. The van der Waals surface area contributed by atoms with Crippen LogP contribution in [0.4, 0.5) is 0 Å². The Morgan fingerprint density at radius 3 is 2.65 bits per heavy atom. The third-order valence-electron chi connectivity index (χ3n) is 2.52. The number of aromatic amines is 1. The van der Waals surface area contributed by atoms with E-state index in [9.17, 15) is 8.42 Å².